The van der Waals surface area contributed by atoms with Crippen LogP contribution >= 0.6 is 0 Å². The molecule has 0 heterocycles. The topological polar surface area (TPSA) is 70.7 Å². The van der Waals surface area contributed by atoms with Gasteiger partial charge in [-0.25, -0.2) is 13.1 Å². The average molecular weight is 267 g/mol. The highest BCUT2D eigenvalue weighted by Crippen LogP contribution is 1.88. The Morgan fingerprint density at radius 3 is 2.47 bits per heavy atom. The van der Waals surface area contributed by atoms with Crippen molar-refractivity contribution in [2.45, 2.75) is 6.42 Å². The van der Waals surface area contributed by atoms with Gasteiger partial charge in [0.15, 0.2) is 0 Å². The Kier molecular flexibility index (Phi) is 9.66. The van der Waals surface area contributed by atoms with Gasteiger partial charge in [0.1, 0.15) is 0 Å². The summed E-state index contributed by atoms with van der Waals surface area (Å²) in [6.07, 6.45) is 0.618. The predicted octanol–water partition coefficient (Wildman–Crippen LogP) is -0.906. The van der Waals surface area contributed by atoms with Crippen LogP contribution in [0.2, 0.25) is 0 Å². The molecule has 0 saturated heterocycles. The Morgan fingerprint density at radius 2 is 1.88 bits per heavy atom. The number of ether oxygens (including phenoxy) is 1. The van der Waals surface area contributed by atoms with Crippen molar-refractivity contribution in [1.29, 1.82) is 0 Å². The summed E-state index contributed by atoms with van der Waals surface area (Å²) in [6.45, 7) is 2.93. The minimum Gasteiger partial charge on any atom is -0.379 e. The molecular formula is C10H25N3O3S. The molecule has 0 aliphatic rings. The molecule has 0 spiro atoms. The minimum atomic E-state index is -3.14. The Morgan fingerprint density at radius 1 is 1.18 bits per heavy atom. The highest BCUT2D eigenvalue weighted by atomic mass is 32.2. The molecule has 0 radical (unpaired) electrons. The lowest BCUT2D eigenvalue weighted by molar-refractivity contribution is 0.122. The first-order valence-corrected chi connectivity index (χ1v) is 7.47. The van der Waals surface area contributed by atoms with E-state index in [4.69, 9.17) is 4.74 Å². The predicted molar refractivity (Wildman–Crippen MR) is 69.7 cm³/mol. The second-order valence-electron chi connectivity index (χ2n) is 4.09. The third-order valence-electron chi connectivity index (χ3n) is 2.09. The maximum Gasteiger partial charge on any atom is 0.211 e. The van der Waals surface area contributed by atoms with Gasteiger partial charge in [-0.15, -0.1) is 0 Å². The molecule has 0 aromatic rings. The monoisotopic (exact) mass is 267 g/mol. The van der Waals surface area contributed by atoms with Crippen LogP contribution in [-0.2, 0) is 14.8 Å². The van der Waals surface area contributed by atoms with Gasteiger partial charge in [-0.05, 0) is 34.1 Å². The maximum atomic E-state index is 11.4. The zero-order chi connectivity index (χ0) is 13.1. The van der Waals surface area contributed by atoms with E-state index in [1.165, 1.54) is 0 Å². The first-order valence-electron chi connectivity index (χ1n) is 5.82. The summed E-state index contributed by atoms with van der Waals surface area (Å²) in [5, 5.41) is 2.91. The number of nitrogens with one attached hydrogen (secondary N) is 2. The summed E-state index contributed by atoms with van der Waals surface area (Å²) in [5.41, 5.74) is 0. The number of hydrogen-bond donors (Lipinski definition) is 2. The van der Waals surface area contributed by atoms with Crippen molar-refractivity contribution < 1.29 is 13.2 Å². The molecule has 0 amide bonds. The van der Waals surface area contributed by atoms with Crippen molar-refractivity contribution in [2.24, 2.45) is 0 Å². The highest BCUT2D eigenvalue weighted by Gasteiger charge is 2.08. The van der Waals surface area contributed by atoms with E-state index in [0.717, 1.165) is 6.54 Å². The highest BCUT2D eigenvalue weighted by molar-refractivity contribution is 7.89. The number of nitrogens with zero attached hydrogens (tertiary/aromatic N) is 1. The van der Waals surface area contributed by atoms with Crippen LogP contribution in [0.25, 0.3) is 0 Å². The first-order chi connectivity index (χ1) is 7.98. The van der Waals surface area contributed by atoms with E-state index >= 15 is 0 Å². The van der Waals surface area contributed by atoms with Crippen LogP contribution in [-0.4, -0.2) is 73.1 Å². The lowest BCUT2D eigenvalue weighted by atomic mass is 10.5. The molecule has 0 aromatic carbocycles. The van der Waals surface area contributed by atoms with Gasteiger partial charge >= 0.3 is 0 Å². The van der Waals surface area contributed by atoms with Crippen LogP contribution in [0.3, 0.4) is 0 Å². The van der Waals surface area contributed by atoms with Gasteiger partial charge in [0.2, 0.25) is 10.0 Å². The summed E-state index contributed by atoms with van der Waals surface area (Å²) in [7, 11) is 2.60. The van der Waals surface area contributed by atoms with E-state index in [0.29, 0.717) is 32.7 Å². The van der Waals surface area contributed by atoms with Gasteiger partial charge < -0.3 is 15.0 Å². The Bertz CT molecular complexity index is 268. The molecule has 0 fully saturated rings. The second-order valence-corrected chi connectivity index (χ2v) is 6.01. The summed E-state index contributed by atoms with van der Waals surface area (Å²) >= 11 is 0. The molecule has 0 bridgehead atoms. The van der Waals surface area contributed by atoms with Crippen LogP contribution in [0.5, 0.6) is 0 Å². The van der Waals surface area contributed by atoms with Crippen molar-refractivity contribution in [3.8, 4) is 0 Å². The van der Waals surface area contributed by atoms with Gasteiger partial charge in [0.25, 0.3) is 0 Å². The molecule has 6 nitrogen and oxygen atoms in total. The summed E-state index contributed by atoms with van der Waals surface area (Å²) in [6, 6.07) is 0. The van der Waals surface area contributed by atoms with Crippen molar-refractivity contribution >= 4 is 10.0 Å². The van der Waals surface area contributed by atoms with Crippen LogP contribution < -0.4 is 10.0 Å². The summed E-state index contributed by atoms with van der Waals surface area (Å²) < 4.78 is 30.7. The molecular weight excluding hydrogens is 242 g/mol. The summed E-state index contributed by atoms with van der Waals surface area (Å²) in [5.74, 6) is 0.158. The van der Waals surface area contributed by atoms with Gasteiger partial charge in [0.05, 0.1) is 19.0 Å². The van der Waals surface area contributed by atoms with E-state index in [1.807, 2.05) is 19.0 Å². The smallest absolute Gasteiger partial charge is 0.211 e. The molecule has 104 valence electrons. The number of sulfonamides is 1. The number of hydrogen-bond acceptors (Lipinski definition) is 5. The molecule has 0 aliphatic carbocycles. The van der Waals surface area contributed by atoms with E-state index in [1.54, 1.807) is 7.05 Å². The second kappa shape index (κ2) is 9.78. The fraction of sp³-hybridized carbons (Fsp3) is 1.00. The van der Waals surface area contributed by atoms with Crippen LogP contribution in [0.4, 0.5) is 0 Å². The fourth-order valence-electron chi connectivity index (χ4n) is 1.13. The normalized spacial score (nSPS) is 12.2. The van der Waals surface area contributed by atoms with E-state index in [9.17, 15) is 8.42 Å². The molecule has 7 heteroatoms. The van der Waals surface area contributed by atoms with Crippen molar-refractivity contribution in [2.75, 3.05) is 59.7 Å². The minimum absolute atomic E-state index is 0.158. The molecule has 2 N–H and O–H groups in total. The van der Waals surface area contributed by atoms with Crippen LogP contribution in [0, 0.1) is 0 Å². The van der Waals surface area contributed by atoms with Gasteiger partial charge in [-0.1, -0.05) is 0 Å². The zero-order valence-electron chi connectivity index (χ0n) is 11.0. The van der Waals surface area contributed by atoms with Crippen molar-refractivity contribution in [3.05, 3.63) is 0 Å². The zero-order valence-corrected chi connectivity index (χ0v) is 11.8. The van der Waals surface area contributed by atoms with Crippen LogP contribution in [0.15, 0.2) is 0 Å². The standard InChI is InChI=1S/C10H25N3O3S/c1-11-5-4-10-17(14,15)12-6-8-16-9-7-13(2)3/h11-12H,4-10H2,1-3H3. The SMILES string of the molecule is CNCCCS(=O)(=O)NCCOCCN(C)C. The van der Waals surface area contributed by atoms with Gasteiger partial charge in [0, 0.05) is 13.1 Å². The van der Waals surface area contributed by atoms with E-state index in [2.05, 4.69) is 10.0 Å². The van der Waals surface area contributed by atoms with Gasteiger partial charge in [-0.2, -0.15) is 0 Å². The molecule has 0 rings (SSSR count). The lowest BCUT2D eigenvalue weighted by Gasteiger charge is -2.10. The molecule has 17 heavy (non-hydrogen) atoms. The molecule has 0 atom stereocenters. The lowest BCUT2D eigenvalue weighted by Crippen LogP contribution is -2.31. The quantitative estimate of drug-likeness (QED) is 0.475. The molecule has 0 aliphatic heterocycles. The Hall–Kier alpha value is -0.210. The van der Waals surface area contributed by atoms with E-state index in [-0.39, 0.29) is 5.75 Å². The number of rotatable bonds is 11. The Labute approximate surface area is 105 Å². The van der Waals surface area contributed by atoms with Crippen LogP contribution in [0.1, 0.15) is 6.42 Å². The third-order valence-corrected chi connectivity index (χ3v) is 3.56. The van der Waals surface area contributed by atoms with E-state index < -0.39 is 10.0 Å². The van der Waals surface area contributed by atoms with Crippen molar-refractivity contribution in [1.82, 2.24) is 14.9 Å². The average Bonchev–Trinajstić information content (AvgIpc) is 2.23. The third kappa shape index (κ3) is 12.0. The molecule has 0 aromatic heterocycles. The maximum absolute atomic E-state index is 11.4. The Balaban J connectivity index is 3.46. The van der Waals surface area contributed by atoms with Gasteiger partial charge in [-0.3, -0.25) is 0 Å². The number of likely N-dealkylation sites (N-methyl/N-ethyl adjacent to an activating group) is 1. The molecule has 0 saturated carbocycles. The first kappa shape index (κ1) is 16.8. The molecule has 0 unspecified atom stereocenters. The van der Waals surface area contributed by atoms with Crippen molar-refractivity contribution in [3.63, 3.8) is 0 Å². The summed E-state index contributed by atoms with van der Waals surface area (Å²) in [4.78, 5) is 2.02. The largest absolute Gasteiger partial charge is 0.379 e. The fourth-order valence-corrected chi connectivity index (χ4v) is 2.19.